The first-order valence-corrected chi connectivity index (χ1v) is 38.7. The molecule has 1 unspecified atom stereocenters. The SMILES string of the molecule is Cc1ccc2c(n1)c1c(n2CCN2CCNCC2C)CCN(C)[C@H]1C.Cc1ccc2c(n1)c1c(n2CCN2[C@@H](C)CNC[C@@H]2C)CCN(C)C1.Cc1ccc2c(n1)c1c(n2CCN2[C@H](C)CNC[C@@H]2C)CCN(C)C1.Cc1ccc2c(n1)c1c(n2CCN2[C@H](C)CNC[C@H]2C)CCN(C)C1. The Hall–Kier alpha value is -5.72. The number of likely N-dealkylation sites (N-methyl/N-ethyl adjacent to an activating group) is 4. The molecule has 8 aliphatic rings. The van der Waals surface area contributed by atoms with Gasteiger partial charge in [-0.2, -0.15) is 0 Å². The van der Waals surface area contributed by atoms with E-state index in [4.69, 9.17) is 19.9 Å². The van der Waals surface area contributed by atoms with Crippen LogP contribution in [0, 0.1) is 27.7 Å². The summed E-state index contributed by atoms with van der Waals surface area (Å²) < 4.78 is 10.2. The van der Waals surface area contributed by atoms with Crippen LogP contribution in [-0.4, -0.2) is 259 Å². The van der Waals surface area contributed by atoms with E-state index in [2.05, 4.69) is 239 Å². The first-order valence-electron chi connectivity index (χ1n) is 38.7. The highest BCUT2D eigenvalue weighted by atomic mass is 15.3. The zero-order chi connectivity index (χ0) is 70.2. The van der Waals surface area contributed by atoms with Crippen molar-refractivity contribution in [3.05, 3.63) is 116 Å². The normalized spacial score (nSPS) is 25.4. The number of pyridine rings is 4. The van der Waals surface area contributed by atoms with Gasteiger partial charge in [0, 0.05) is 299 Å². The minimum absolute atomic E-state index is 0.444. The Kier molecular flexibility index (Phi) is 23.0. The van der Waals surface area contributed by atoms with Crippen LogP contribution in [0.1, 0.15) is 129 Å². The molecule has 16 heterocycles. The van der Waals surface area contributed by atoms with Gasteiger partial charge in [0.25, 0.3) is 0 Å². The van der Waals surface area contributed by atoms with Crippen LogP contribution in [0.25, 0.3) is 44.1 Å². The van der Waals surface area contributed by atoms with Crippen molar-refractivity contribution in [3.8, 4) is 0 Å². The summed E-state index contributed by atoms with van der Waals surface area (Å²) in [5.74, 6) is 0. The molecule has 0 bridgehead atoms. The molecular weight excluding hydrogens is 1240 g/mol. The third kappa shape index (κ3) is 15.4. The van der Waals surface area contributed by atoms with Crippen LogP contribution in [0.3, 0.4) is 0 Å². The minimum atomic E-state index is 0.444. The summed E-state index contributed by atoms with van der Waals surface area (Å²) in [5, 5.41) is 14.1. The molecule has 8 aliphatic heterocycles. The van der Waals surface area contributed by atoms with Crippen LogP contribution in [0.5, 0.6) is 0 Å². The second kappa shape index (κ2) is 31.7. The zero-order valence-electron chi connectivity index (χ0n) is 64.2. The van der Waals surface area contributed by atoms with Crippen LogP contribution in [-0.2, 0) is 71.5 Å². The van der Waals surface area contributed by atoms with Gasteiger partial charge in [0.05, 0.1) is 44.1 Å². The van der Waals surface area contributed by atoms with E-state index in [9.17, 15) is 0 Å². The van der Waals surface area contributed by atoms with Crippen molar-refractivity contribution in [3.63, 3.8) is 0 Å². The van der Waals surface area contributed by atoms with E-state index in [-0.39, 0.29) is 0 Å². The minimum Gasteiger partial charge on any atom is -0.342 e. The van der Waals surface area contributed by atoms with Crippen LogP contribution in [0.15, 0.2) is 48.5 Å². The Bertz CT molecular complexity index is 3760. The van der Waals surface area contributed by atoms with Crippen molar-refractivity contribution < 1.29 is 0 Å². The fourth-order valence-corrected chi connectivity index (χ4v) is 18.3. The van der Waals surface area contributed by atoms with Crippen molar-refractivity contribution in [2.24, 2.45) is 0 Å². The smallest absolute Gasteiger partial charge is 0.0934 e. The van der Waals surface area contributed by atoms with Crippen LogP contribution >= 0.6 is 0 Å². The summed E-state index contributed by atoms with van der Waals surface area (Å²) in [4.78, 5) is 39.9. The molecule has 0 radical (unpaired) electrons. The maximum atomic E-state index is 4.93. The number of rotatable bonds is 12. The highest BCUT2D eigenvalue weighted by molar-refractivity contribution is 5.85. The monoisotopic (exact) mass is 1370 g/mol. The van der Waals surface area contributed by atoms with Gasteiger partial charge in [-0.15, -0.1) is 0 Å². The highest BCUT2D eigenvalue weighted by Gasteiger charge is 2.33. The van der Waals surface area contributed by atoms with Crippen molar-refractivity contribution in [2.75, 3.05) is 139 Å². The molecule has 0 saturated carbocycles. The summed E-state index contributed by atoms with van der Waals surface area (Å²) >= 11 is 0. The number of nitrogens with one attached hydrogen (secondary N) is 4. The molecule has 8 aromatic heterocycles. The standard InChI is InChI=1S/4C20H31N5/c1-14-5-6-18-20(22-14)19-16(3)23(4)9-7-17(19)25(18)12-11-24-10-8-21-13-15(24)2;3*1-14-5-6-19-20(22-14)17-13-23(4)8-7-18(17)25(19)10-9-24-15(2)11-21-12-16(24)3/h4*5-6,15-16,21H,7-13H2,1-4H3/t15?,16-;15-,16+;2*15-,16-/m0.10/s1. The second-order valence-electron chi connectivity index (χ2n) is 31.8. The van der Waals surface area contributed by atoms with Gasteiger partial charge in [-0.25, -0.2) is 0 Å². The summed E-state index contributed by atoms with van der Waals surface area (Å²) in [6.45, 7) is 53.4. The molecule has 20 nitrogen and oxygen atoms in total. The lowest BCUT2D eigenvalue weighted by atomic mass is 9.99. The first-order chi connectivity index (χ1) is 48.2. The van der Waals surface area contributed by atoms with Crippen molar-refractivity contribution in [1.29, 1.82) is 0 Å². The molecule has 20 heteroatoms. The number of piperazine rings is 4. The fourth-order valence-electron chi connectivity index (χ4n) is 18.3. The quantitative estimate of drug-likeness (QED) is 0.0932. The van der Waals surface area contributed by atoms with E-state index in [1.165, 1.54) is 89.2 Å². The largest absolute Gasteiger partial charge is 0.342 e. The zero-order valence-corrected chi connectivity index (χ0v) is 64.2. The van der Waals surface area contributed by atoms with E-state index in [1.54, 1.807) is 0 Å². The number of hydrogen-bond acceptors (Lipinski definition) is 16. The molecule has 0 spiro atoms. The Morgan fingerprint density at radius 3 is 1.01 bits per heavy atom. The van der Waals surface area contributed by atoms with Gasteiger partial charge in [0.2, 0.25) is 0 Å². The molecule has 4 N–H and O–H groups in total. The molecule has 8 atom stereocenters. The number of aromatic nitrogens is 8. The van der Waals surface area contributed by atoms with E-state index < -0.39 is 0 Å². The van der Waals surface area contributed by atoms with Gasteiger partial charge in [0.1, 0.15) is 0 Å². The Balaban J connectivity index is 0.000000119. The predicted molar refractivity (Wildman–Crippen MR) is 412 cm³/mol. The summed E-state index contributed by atoms with van der Waals surface area (Å²) in [6, 6.07) is 22.4. The van der Waals surface area contributed by atoms with Crippen LogP contribution in [0.4, 0.5) is 0 Å². The fraction of sp³-hybridized carbons (Fsp3) is 0.650. The second-order valence-corrected chi connectivity index (χ2v) is 31.8. The number of nitrogens with zero attached hydrogens (tertiary/aromatic N) is 16. The van der Waals surface area contributed by atoms with Gasteiger partial charge in [0.15, 0.2) is 0 Å². The first kappa shape index (κ1) is 72.6. The molecule has 544 valence electrons. The van der Waals surface area contributed by atoms with Crippen LogP contribution in [0.2, 0.25) is 0 Å². The molecule has 0 aromatic carbocycles. The van der Waals surface area contributed by atoms with Gasteiger partial charge >= 0.3 is 0 Å². The average molecular weight is 1370 g/mol. The number of hydrogen-bond donors (Lipinski definition) is 4. The Labute approximate surface area is 598 Å². The van der Waals surface area contributed by atoms with E-state index >= 15 is 0 Å². The average Bonchev–Trinajstić information content (AvgIpc) is 1.62. The maximum Gasteiger partial charge on any atom is 0.0934 e. The van der Waals surface area contributed by atoms with Gasteiger partial charge in [-0.3, -0.25) is 44.4 Å². The third-order valence-corrected chi connectivity index (χ3v) is 24.3. The number of aryl methyl sites for hydroxylation is 4. The molecule has 8 aromatic rings. The van der Waals surface area contributed by atoms with Crippen molar-refractivity contribution in [1.82, 2.24) is 98.7 Å². The predicted octanol–water partition coefficient (Wildman–Crippen LogP) is 8.23. The molecule has 16 rings (SSSR count). The maximum absolute atomic E-state index is 4.93. The van der Waals surface area contributed by atoms with Gasteiger partial charge < -0.3 is 54.2 Å². The molecule has 4 fully saturated rings. The topological polar surface area (TPSA) is 145 Å². The lowest BCUT2D eigenvalue weighted by Gasteiger charge is -2.39. The molecule has 0 amide bonds. The summed E-state index contributed by atoms with van der Waals surface area (Å²) in [6.07, 6.45) is 4.53. The third-order valence-electron chi connectivity index (χ3n) is 24.3. The van der Waals surface area contributed by atoms with Crippen molar-refractivity contribution in [2.45, 2.75) is 203 Å². The van der Waals surface area contributed by atoms with E-state index in [0.29, 0.717) is 48.3 Å². The molecule has 0 aliphatic carbocycles. The Morgan fingerprint density at radius 1 is 0.340 bits per heavy atom. The highest BCUT2D eigenvalue weighted by Crippen LogP contribution is 2.38. The van der Waals surface area contributed by atoms with E-state index in [0.717, 1.165) is 206 Å². The van der Waals surface area contributed by atoms with Gasteiger partial charge in [-0.05, 0) is 160 Å². The molecule has 4 saturated heterocycles. The van der Waals surface area contributed by atoms with Crippen molar-refractivity contribution >= 4 is 44.1 Å². The Morgan fingerprint density at radius 2 is 0.650 bits per heavy atom. The van der Waals surface area contributed by atoms with Gasteiger partial charge in [-0.1, -0.05) is 0 Å². The molecular formula is C80H124N20. The number of fused-ring (bicyclic) bond motifs is 12. The molecule has 100 heavy (non-hydrogen) atoms. The summed E-state index contributed by atoms with van der Waals surface area (Å²) in [7, 11) is 8.87. The van der Waals surface area contributed by atoms with E-state index in [1.807, 2.05) is 0 Å². The lowest BCUT2D eigenvalue weighted by molar-refractivity contribution is 0.112. The van der Waals surface area contributed by atoms with Crippen LogP contribution < -0.4 is 21.3 Å². The summed E-state index contributed by atoms with van der Waals surface area (Å²) in [5.41, 5.74) is 26.5. The lowest BCUT2D eigenvalue weighted by Crippen LogP contribution is -2.55.